The van der Waals surface area contributed by atoms with Gasteiger partial charge in [-0.05, 0) is 71.5 Å². The summed E-state index contributed by atoms with van der Waals surface area (Å²) in [6.07, 6.45) is 5.87. The van der Waals surface area contributed by atoms with Gasteiger partial charge in [0.05, 0.1) is 30.9 Å². The Morgan fingerprint density at radius 1 is 1.28 bits per heavy atom. The van der Waals surface area contributed by atoms with Gasteiger partial charge in [0.25, 0.3) is 6.47 Å². The van der Waals surface area contributed by atoms with E-state index in [0.717, 1.165) is 62.0 Å². The first-order chi connectivity index (χ1) is 17.1. The van der Waals surface area contributed by atoms with Crippen molar-refractivity contribution in [1.82, 2.24) is 19.7 Å². The molecule has 0 aromatic carbocycles. The van der Waals surface area contributed by atoms with Crippen LogP contribution in [-0.2, 0) is 19.7 Å². The molecule has 0 aliphatic carbocycles. The first-order valence-corrected chi connectivity index (χ1v) is 12.0. The highest BCUT2D eigenvalue weighted by Crippen LogP contribution is 2.40. The molecule has 0 bridgehead atoms. The normalized spacial score (nSPS) is 18.6. The monoisotopic (exact) mass is 496 g/mol. The van der Waals surface area contributed by atoms with E-state index < -0.39 is 5.41 Å². The lowest BCUT2D eigenvalue weighted by molar-refractivity contribution is -0.138. The fraction of sp³-hybridized carbons (Fsp3) is 0.560. The van der Waals surface area contributed by atoms with Crippen LogP contribution in [0.1, 0.15) is 39.2 Å². The van der Waals surface area contributed by atoms with E-state index in [1.165, 1.54) is 6.08 Å². The summed E-state index contributed by atoms with van der Waals surface area (Å²) in [5.74, 6) is 1.13. The highest BCUT2D eigenvalue weighted by molar-refractivity contribution is 5.86. The predicted molar refractivity (Wildman–Crippen MR) is 139 cm³/mol. The molecule has 11 nitrogen and oxygen atoms in total. The van der Waals surface area contributed by atoms with E-state index in [1.807, 2.05) is 20.8 Å². The molecular weight excluding hydrogens is 460 g/mol. The molecule has 0 amide bonds. The molecule has 4 heterocycles. The van der Waals surface area contributed by atoms with Crippen LogP contribution in [0.2, 0.25) is 0 Å². The summed E-state index contributed by atoms with van der Waals surface area (Å²) in [6, 6.07) is 4.68. The van der Waals surface area contributed by atoms with Crippen molar-refractivity contribution in [2.75, 3.05) is 51.3 Å². The highest BCUT2D eigenvalue weighted by atomic mass is 16.5. The number of nitrogens with one attached hydrogen (secondary N) is 1. The minimum Gasteiger partial charge on any atom is -0.462 e. The van der Waals surface area contributed by atoms with Crippen LogP contribution in [0.5, 0.6) is 0 Å². The molecule has 11 heteroatoms. The number of aromatic nitrogens is 3. The van der Waals surface area contributed by atoms with Crippen LogP contribution in [0.15, 0.2) is 18.3 Å². The fourth-order valence-corrected chi connectivity index (χ4v) is 4.27. The van der Waals surface area contributed by atoms with Crippen molar-refractivity contribution in [1.29, 1.82) is 10.7 Å². The number of carbonyl (C=O) groups excluding carboxylic acids is 1. The smallest absolute Gasteiger partial charge is 0.293 e. The molecule has 194 valence electrons. The van der Waals surface area contributed by atoms with Gasteiger partial charge >= 0.3 is 0 Å². The van der Waals surface area contributed by atoms with Gasteiger partial charge in [-0.15, -0.1) is 0 Å². The number of rotatable bonds is 5. The first-order valence-electron chi connectivity index (χ1n) is 12.0. The van der Waals surface area contributed by atoms with E-state index in [4.69, 9.17) is 20.9 Å². The van der Waals surface area contributed by atoms with Crippen molar-refractivity contribution in [2.24, 2.45) is 5.73 Å². The topological polar surface area (TPSA) is 146 Å². The second-order valence-corrected chi connectivity index (χ2v) is 10.0. The van der Waals surface area contributed by atoms with Crippen LogP contribution < -0.4 is 10.6 Å². The molecule has 2 saturated heterocycles. The molecule has 0 atom stereocenters. The zero-order valence-corrected chi connectivity index (χ0v) is 21.5. The summed E-state index contributed by atoms with van der Waals surface area (Å²) in [6.45, 7) is 10.5. The van der Waals surface area contributed by atoms with Crippen molar-refractivity contribution < 1.29 is 14.3 Å². The molecule has 2 aliphatic rings. The minimum atomic E-state index is -0.581. The van der Waals surface area contributed by atoms with E-state index >= 15 is 0 Å². The standard InChI is InChI=1S/C20H26N8O.C5H10O2/c1-26-6-3-20(14-22,4-7-26)16-12-18(27-8-10-29-11-9-27)25-19-15(16)13-24-28(19)17(23)2-5-21;1-5(2,3)7-4-6/h2,5,12-13,21H,3-4,6-11,23H2,1H3;4H,1-3H3/b17-2+,21-5?;. The number of anilines is 1. The Morgan fingerprint density at radius 3 is 2.47 bits per heavy atom. The van der Waals surface area contributed by atoms with E-state index in [1.54, 1.807) is 10.9 Å². The lowest BCUT2D eigenvalue weighted by Crippen LogP contribution is -2.41. The number of hydrogen-bond acceptors (Lipinski definition) is 10. The van der Waals surface area contributed by atoms with Gasteiger partial charge in [0, 0.05) is 24.7 Å². The van der Waals surface area contributed by atoms with E-state index in [-0.39, 0.29) is 5.60 Å². The van der Waals surface area contributed by atoms with Crippen LogP contribution in [0, 0.1) is 16.7 Å². The number of fused-ring (bicyclic) bond motifs is 1. The summed E-state index contributed by atoms with van der Waals surface area (Å²) in [7, 11) is 2.09. The van der Waals surface area contributed by atoms with Crippen LogP contribution in [0.25, 0.3) is 16.9 Å². The molecule has 2 aromatic rings. The molecule has 2 aromatic heterocycles. The van der Waals surface area contributed by atoms with Crippen LogP contribution in [0.3, 0.4) is 0 Å². The average Bonchev–Trinajstić information content (AvgIpc) is 3.29. The van der Waals surface area contributed by atoms with Crippen LogP contribution in [0.4, 0.5) is 5.82 Å². The number of hydrogen-bond donors (Lipinski definition) is 2. The summed E-state index contributed by atoms with van der Waals surface area (Å²) in [5, 5.41) is 22.8. The number of carbonyl (C=O) groups is 1. The third kappa shape index (κ3) is 6.19. The van der Waals surface area contributed by atoms with Gasteiger partial charge in [-0.25, -0.2) is 4.98 Å². The van der Waals surface area contributed by atoms with E-state index in [2.05, 4.69) is 38.8 Å². The Balaban J connectivity index is 0.000000454. The second kappa shape index (κ2) is 11.5. The Morgan fingerprint density at radius 2 is 1.94 bits per heavy atom. The molecule has 0 radical (unpaired) electrons. The maximum absolute atomic E-state index is 10.2. The summed E-state index contributed by atoms with van der Waals surface area (Å²) in [4.78, 5) is 18.9. The lowest BCUT2D eigenvalue weighted by atomic mass is 9.73. The SMILES string of the molecule is CC(C)(C)OC=O.CN1CCC(C#N)(c2cc(N3CCOCC3)nc3c2cnn3/C(N)=C/C=N)CC1. The van der Waals surface area contributed by atoms with Gasteiger partial charge < -0.3 is 30.4 Å². The van der Waals surface area contributed by atoms with Crippen molar-refractivity contribution in [3.05, 3.63) is 23.9 Å². The number of allylic oxidation sites excluding steroid dienone is 1. The molecule has 0 saturated carbocycles. The summed E-state index contributed by atoms with van der Waals surface area (Å²) >= 11 is 0. The largest absolute Gasteiger partial charge is 0.462 e. The molecule has 2 fully saturated rings. The third-order valence-corrected chi connectivity index (χ3v) is 6.33. The van der Waals surface area contributed by atoms with Crippen molar-refractivity contribution in [2.45, 2.75) is 44.6 Å². The third-order valence-electron chi connectivity index (χ3n) is 6.33. The number of nitrogens with two attached hydrogens (primary N) is 1. The van der Waals surface area contributed by atoms with Crippen LogP contribution >= 0.6 is 0 Å². The molecule has 4 rings (SSSR count). The zero-order valence-electron chi connectivity index (χ0n) is 21.5. The van der Waals surface area contributed by atoms with E-state index in [0.29, 0.717) is 31.2 Å². The number of ether oxygens (including phenoxy) is 2. The van der Waals surface area contributed by atoms with Crippen LogP contribution in [-0.4, -0.2) is 84.4 Å². The van der Waals surface area contributed by atoms with Gasteiger partial charge in [0.1, 0.15) is 17.2 Å². The minimum absolute atomic E-state index is 0.318. The molecule has 0 unspecified atom stereocenters. The lowest BCUT2D eigenvalue weighted by Gasteiger charge is -2.37. The van der Waals surface area contributed by atoms with E-state index in [9.17, 15) is 10.1 Å². The van der Waals surface area contributed by atoms with Gasteiger partial charge in [0.15, 0.2) is 5.65 Å². The van der Waals surface area contributed by atoms with Gasteiger partial charge in [-0.1, -0.05) is 0 Å². The zero-order chi connectivity index (χ0) is 26.3. The summed E-state index contributed by atoms with van der Waals surface area (Å²) in [5.41, 5.74) is 6.81. The van der Waals surface area contributed by atoms with Crippen molar-refractivity contribution in [3.63, 3.8) is 0 Å². The number of nitriles is 1. The van der Waals surface area contributed by atoms with Gasteiger partial charge in [-0.3, -0.25) is 4.79 Å². The number of likely N-dealkylation sites (tertiary alicyclic amines) is 1. The average molecular weight is 497 g/mol. The number of nitrogens with zero attached hydrogens (tertiary/aromatic N) is 6. The Labute approximate surface area is 212 Å². The highest BCUT2D eigenvalue weighted by Gasteiger charge is 2.38. The Kier molecular flexibility index (Phi) is 8.66. The molecule has 3 N–H and O–H groups in total. The molecule has 0 spiro atoms. The fourth-order valence-electron chi connectivity index (χ4n) is 4.27. The van der Waals surface area contributed by atoms with Gasteiger partial charge in [-0.2, -0.15) is 15.0 Å². The maximum atomic E-state index is 10.2. The molecule has 36 heavy (non-hydrogen) atoms. The second-order valence-electron chi connectivity index (χ2n) is 10.0. The number of piperidine rings is 1. The quantitative estimate of drug-likeness (QED) is 0.469. The number of pyridine rings is 1. The van der Waals surface area contributed by atoms with Crippen molar-refractivity contribution in [3.8, 4) is 6.07 Å². The molecule has 2 aliphatic heterocycles. The Bertz CT molecular complexity index is 1130. The first kappa shape index (κ1) is 27.1. The predicted octanol–water partition coefficient (Wildman–Crippen LogP) is 2.12. The Hall–Kier alpha value is -3.49. The van der Waals surface area contributed by atoms with Crippen molar-refractivity contribution >= 4 is 35.4 Å². The summed E-state index contributed by atoms with van der Waals surface area (Å²) < 4.78 is 11.6. The maximum Gasteiger partial charge on any atom is 0.293 e. The van der Waals surface area contributed by atoms with Gasteiger partial charge in [0.2, 0.25) is 0 Å². The number of morpholine rings is 1. The molecular formula is C25H36N8O3.